The third-order valence-electron chi connectivity index (χ3n) is 3.91. The van der Waals surface area contributed by atoms with Crippen molar-refractivity contribution >= 4 is 0 Å². The molecule has 1 aliphatic rings. The molecule has 0 amide bonds. The Balaban J connectivity index is 1.78. The Morgan fingerprint density at radius 1 is 1.44 bits per heavy atom. The summed E-state index contributed by atoms with van der Waals surface area (Å²) in [5.74, 6) is 0.876. The lowest BCUT2D eigenvalue weighted by molar-refractivity contribution is 0.280. The molecule has 90 valence electrons. The van der Waals surface area contributed by atoms with Gasteiger partial charge in [-0.3, -0.25) is 5.10 Å². The molecule has 1 aliphatic carbocycles. The molecule has 1 heterocycles. The van der Waals surface area contributed by atoms with Crippen molar-refractivity contribution in [2.45, 2.75) is 58.5 Å². The van der Waals surface area contributed by atoms with E-state index in [2.05, 4.69) is 29.4 Å². The van der Waals surface area contributed by atoms with Gasteiger partial charge in [-0.1, -0.05) is 19.3 Å². The predicted molar refractivity (Wildman–Crippen MR) is 66.2 cm³/mol. The van der Waals surface area contributed by atoms with Gasteiger partial charge >= 0.3 is 0 Å². The number of aryl methyl sites for hydroxylation is 1. The smallest absolute Gasteiger partial charge is 0.0535 e. The molecule has 0 radical (unpaired) electrons. The molecule has 0 aliphatic heterocycles. The average Bonchev–Trinajstić information content (AvgIpc) is 2.73. The number of aromatic amines is 1. The van der Waals surface area contributed by atoms with Crippen molar-refractivity contribution < 1.29 is 0 Å². The largest absolute Gasteiger partial charge is 0.310 e. The van der Waals surface area contributed by atoms with Gasteiger partial charge in [-0.05, 0) is 32.6 Å². The lowest BCUT2D eigenvalue weighted by atomic mass is 9.84. The van der Waals surface area contributed by atoms with Crippen molar-refractivity contribution in [2.24, 2.45) is 5.92 Å². The zero-order valence-electron chi connectivity index (χ0n) is 10.4. The summed E-state index contributed by atoms with van der Waals surface area (Å²) in [4.78, 5) is 0. The molecule has 2 rings (SSSR count). The number of rotatable bonds is 4. The first-order valence-electron chi connectivity index (χ1n) is 6.49. The Bertz CT molecular complexity index is 313. The molecule has 1 fully saturated rings. The molecule has 1 saturated carbocycles. The Hall–Kier alpha value is -0.830. The molecule has 2 N–H and O–H groups in total. The van der Waals surface area contributed by atoms with Crippen LogP contribution in [0.1, 0.15) is 50.3 Å². The van der Waals surface area contributed by atoms with Gasteiger partial charge < -0.3 is 5.32 Å². The number of hydrogen-bond acceptors (Lipinski definition) is 2. The van der Waals surface area contributed by atoms with Crippen LogP contribution in [0.4, 0.5) is 0 Å². The summed E-state index contributed by atoms with van der Waals surface area (Å²) in [6, 6.07) is 0.634. The second kappa shape index (κ2) is 5.48. The molecule has 3 heteroatoms. The van der Waals surface area contributed by atoms with Crippen molar-refractivity contribution in [2.75, 3.05) is 0 Å². The van der Waals surface area contributed by atoms with Crippen LogP contribution >= 0.6 is 0 Å². The highest BCUT2D eigenvalue weighted by molar-refractivity contribution is 5.13. The fourth-order valence-corrected chi connectivity index (χ4v) is 2.63. The first-order chi connectivity index (χ1) is 7.77. The SMILES string of the molecule is Cc1[nH]ncc1CN[C@H](C)C1CCCCC1. The summed E-state index contributed by atoms with van der Waals surface area (Å²) < 4.78 is 0. The lowest BCUT2D eigenvalue weighted by Gasteiger charge is -2.28. The van der Waals surface area contributed by atoms with E-state index in [1.807, 2.05) is 6.20 Å². The minimum absolute atomic E-state index is 0.634. The van der Waals surface area contributed by atoms with Gasteiger partial charge in [0.25, 0.3) is 0 Å². The van der Waals surface area contributed by atoms with Gasteiger partial charge in [-0.25, -0.2) is 0 Å². The van der Waals surface area contributed by atoms with Gasteiger partial charge in [0, 0.05) is 23.8 Å². The van der Waals surface area contributed by atoms with E-state index < -0.39 is 0 Å². The maximum absolute atomic E-state index is 4.05. The van der Waals surface area contributed by atoms with Crippen LogP contribution < -0.4 is 5.32 Å². The van der Waals surface area contributed by atoms with Crippen LogP contribution in [-0.4, -0.2) is 16.2 Å². The van der Waals surface area contributed by atoms with E-state index in [0.29, 0.717) is 6.04 Å². The topological polar surface area (TPSA) is 40.7 Å². The summed E-state index contributed by atoms with van der Waals surface area (Å²) in [5, 5.41) is 10.7. The van der Waals surface area contributed by atoms with E-state index in [4.69, 9.17) is 0 Å². The number of nitrogens with zero attached hydrogens (tertiary/aromatic N) is 1. The zero-order chi connectivity index (χ0) is 11.4. The Morgan fingerprint density at radius 3 is 2.81 bits per heavy atom. The van der Waals surface area contributed by atoms with Crippen molar-refractivity contribution in [3.8, 4) is 0 Å². The van der Waals surface area contributed by atoms with Gasteiger partial charge in [0.2, 0.25) is 0 Å². The molecule has 1 atom stereocenters. The fourth-order valence-electron chi connectivity index (χ4n) is 2.63. The van der Waals surface area contributed by atoms with Crippen molar-refractivity contribution in [3.05, 3.63) is 17.5 Å². The predicted octanol–water partition coefficient (Wildman–Crippen LogP) is 2.78. The molecule has 0 unspecified atom stereocenters. The van der Waals surface area contributed by atoms with E-state index in [0.717, 1.165) is 12.5 Å². The summed E-state index contributed by atoms with van der Waals surface area (Å²) >= 11 is 0. The van der Waals surface area contributed by atoms with E-state index in [-0.39, 0.29) is 0 Å². The van der Waals surface area contributed by atoms with Gasteiger partial charge in [-0.2, -0.15) is 5.10 Å². The van der Waals surface area contributed by atoms with E-state index in [1.165, 1.54) is 43.4 Å². The van der Waals surface area contributed by atoms with Crippen LogP contribution in [0, 0.1) is 12.8 Å². The standard InChI is InChI=1S/C13H23N3/c1-10(12-6-4-3-5-7-12)14-8-13-9-15-16-11(13)2/h9-10,12,14H,3-8H2,1-2H3,(H,15,16)/t10-/m1/s1. The summed E-state index contributed by atoms with van der Waals surface area (Å²) in [5.41, 5.74) is 2.48. The summed E-state index contributed by atoms with van der Waals surface area (Å²) in [6.07, 6.45) is 9.00. The van der Waals surface area contributed by atoms with Gasteiger partial charge in [0.05, 0.1) is 6.20 Å². The summed E-state index contributed by atoms with van der Waals surface area (Å²) in [6.45, 7) is 5.35. The van der Waals surface area contributed by atoms with Gasteiger partial charge in [-0.15, -0.1) is 0 Å². The van der Waals surface area contributed by atoms with E-state index >= 15 is 0 Å². The summed E-state index contributed by atoms with van der Waals surface area (Å²) in [7, 11) is 0. The highest BCUT2D eigenvalue weighted by atomic mass is 15.1. The number of H-pyrrole nitrogens is 1. The zero-order valence-corrected chi connectivity index (χ0v) is 10.4. The molecule has 16 heavy (non-hydrogen) atoms. The third kappa shape index (κ3) is 2.85. The van der Waals surface area contributed by atoms with Crippen LogP contribution in [0.5, 0.6) is 0 Å². The molecule has 0 bridgehead atoms. The highest BCUT2D eigenvalue weighted by Gasteiger charge is 2.19. The second-order valence-electron chi connectivity index (χ2n) is 5.09. The lowest BCUT2D eigenvalue weighted by Crippen LogP contribution is -2.34. The number of nitrogens with one attached hydrogen (secondary N) is 2. The maximum Gasteiger partial charge on any atom is 0.0535 e. The molecule has 3 nitrogen and oxygen atoms in total. The van der Waals surface area contributed by atoms with Crippen LogP contribution in [-0.2, 0) is 6.54 Å². The molecule has 0 aromatic carbocycles. The van der Waals surface area contributed by atoms with E-state index in [1.54, 1.807) is 0 Å². The normalized spacial score (nSPS) is 19.9. The van der Waals surface area contributed by atoms with Crippen LogP contribution in [0.3, 0.4) is 0 Å². The number of hydrogen-bond donors (Lipinski definition) is 2. The molecule has 1 aromatic heterocycles. The Morgan fingerprint density at radius 2 is 2.19 bits per heavy atom. The Labute approximate surface area is 98.0 Å². The monoisotopic (exact) mass is 221 g/mol. The first kappa shape index (κ1) is 11.6. The van der Waals surface area contributed by atoms with Crippen LogP contribution in [0.25, 0.3) is 0 Å². The molecule has 1 aromatic rings. The minimum atomic E-state index is 0.634. The molecule has 0 saturated heterocycles. The first-order valence-corrected chi connectivity index (χ1v) is 6.49. The van der Waals surface area contributed by atoms with Crippen LogP contribution in [0.15, 0.2) is 6.20 Å². The second-order valence-corrected chi connectivity index (χ2v) is 5.09. The van der Waals surface area contributed by atoms with Gasteiger partial charge in [0.15, 0.2) is 0 Å². The van der Waals surface area contributed by atoms with E-state index in [9.17, 15) is 0 Å². The number of aromatic nitrogens is 2. The highest BCUT2D eigenvalue weighted by Crippen LogP contribution is 2.26. The van der Waals surface area contributed by atoms with Crippen LogP contribution in [0.2, 0.25) is 0 Å². The third-order valence-corrected chi connectivity index (χ3v) is 3.91. The quantitative estimate of drug-likeness (QED) is 0.820. The fraction of sp³-hybridized carbons (Fsp3) is 0.769. The molecular formula is C13H23N3. The van der Waals surface area contributed by atoms with Crippen molar-refractivity contribution in [1.82, 2.24) is 15.5 Å². The Kier molecular flexibility index (Phi) is 3.99. The average molecular weight is 221 g/mol. The van der Waals surface area contributed by atoms with Gasteiger partial charge in [0.1, 0.15) is 0 Å². The van der Waals surface area contributed by atoms with Crippen molar-refractivity contribution in [3.63, 3.8) is 0 Å². The molecular weight excluding hydrogens is 198 g/mol. The minimum Gasteiger partial charge on any atom is -0.310 e. The maximum atomic E-state index is 4.05. The molecule has 0 spiro atoms. The van der Waals surface area contributed by atoms with Crippen molar-refractivity contribution in [1.29, 1.82) is 0 Å².